The molecule has 4 aromatic carbocycles. The summed E-state index contributed by atoms with van der Waals surface area (Å²) in [6, 6.07) is 29.0. The molecule has 0 N–H and O–H groups in total. The summed E-state index contributed by atoms with van der Waals surface area (Å²) in [5.41, 5.74) is 13.7. The maximum atomic E-state index is 3.50. The molecular formula is C37H30. The van der Waals surface area contributed by atoms with Gasteiger partial charge in [-0.15, -0.1) is 0 Å². The maximum Gasteiger partial charge on any atom is 0.0327 e. The smallest absolute Gasteiger partial charge is 0.0327 e. The van der Waals surface area contributed by atoms with E-state index in [1.165, 1.54) is 44.2 Å². The van der Waals surface area contributed by atoms with E-state index >= 15 is 0 Å². The van der Waals surface area contributed by atoms with Gasteiger partial charge in [0.15, 0.2) is 0 Å². The van der Waals surface area contributed by atoms with Crippen LogP contribution in [0.25, 0.3) is 16.3 Å². The molecule has 3 aliphatic rings. The van der Waals surface area contributed by atoms with Gasteiger partial charge in [-0.2, -0.15) is 0 Å². The van der Waals surface area contributed by atoms with Gasteiger partial charge in [-0.05, 0) is 89.9 Å². The van der Waals surface area contributed by atoms with Gasteiger partial charge >= 0.3 is 0 Å². The lowest BCUT2D eigenvalue weighted by molar-refractivity contribution is 0.586. The summed E-state index contributed by atoms with van der Waals surface area (Å²) in [6.45, 7) is 4.28. The number of benzene rings is 4. The van der Waals surface area contributed by atoms with E-state index in [2.05, 4.69) is 123 Å². The average Bonchev–Trinajstić information content (AvgIpc) is 2.93. The first kappa shape index (κ1) is 22.1. The summed E-state index contributed by atoms with van der Waals surface area (Å²) in [6.07, 6.45) is 10.6. The van der Waals surface area contributed by atoms with Gasteiger partial charge in [-0.3, -0.25) is 0 Å². The van der Waals surface area contributed by atoms with Crippen LogP contribution in [0.3, 0.4) is 0 Å². The summed E-state index contributed by atoms with van der Waals surface area (Å²) in [4.78, 5) is 0. The Labute approximate surface area is 220 Å². The number of hydrogen-bond acceptors (Lipinski definition) is 0. The molecule has 0 fully saturated rings. The van der Waals surface area contributed by atoms with Crippen LogP contribution < -0.4 is 0 Å². The van der Waals surface area contributed by atoms with Gasteiger partial charge in [0, 0.05) is 23.0 Å². The Balaban J connectivity index is 1.32. The van der Waals surface area contributed by atoms with Crippen LogP contribution in [-0.4, -0.2) is 0 Å². The van der Waals surface area contributed by atoms with Crippen molar-refractivity contribution in [1.82, 2.24) is 0 Å². The summed E-state index contributed by atoms with van der Waals surface area (Å²) in [7, 11) is 0. The molecule has 0 saturated carbocycles. The molecule has 0 heterocycles. The number of rotatable bonds is 2. The van der Waals surface area contributed by atoms with Gasteiger partial charge in [0.05, 0.1) is 0 Å². The Morgan fingerprint density at radius 3 is 2.35 bits per heavy atom. The molecule has 4 aromatic rings. The van der Waals surface area contributed by atoms with E-state index in [4.69, 9.17) is 0 Å². The SMILES string of the molecule is Cc1ccc(C#Cc2ccc3c4c(cccc24)C2=C4C(CC=C2)C(Cc2ccc(C)cc2)=CCC43)cc1. The lowest BCUT2D eigenvalue weighted by Gasteiger charge is -2.40. The molecule has 37 heavy (non-hydrogen) atoms. The molecule has 2 atom stereocenters. The van der Waals surface area contributed by atoms with Crippen LogP contribution in [0.15, 0.2) is 108 Å². The molecule has 3 aliphatic carbocycles. The van der Waals surface area contributed by atoms with Crippen LogP contribution in [-0.2, 0) is 6.42 Å². The predicted octanol–water partition coefficient (Wildman–Crippen LogP) is 8.86. The van der Waals surface area contributed by atoms with Gasteiger partial charge in [-0.25, -0.2) is 0 Å². The maximum absolute atomic E-state index is 3.50. The topological polar surface area (TPSA) is 0 Å². The number of hydrogen-bond donors (Lipinski definition) is 0. The van der Waals surface area contributed by atoms with E-state index in [9.17, 15) is 0 Å². The monoisotopic (exact) mass is 474 g/mol. The van der Waals surface area contributed by atoms with E-state index in [0.717, 1.165) is 30.4 Å². The summed E-state index contributed by atoms with van der Waals surface area (Å²) in [5, 5.41) is 2.69. The largest absolute Gasteiger partial charge is 0.0834 e. The van der Waals surface area contributed by atoms with Crippen LogP contribution in [0.2, 0.25) is 0 Å². The van der Waals surface area contributed by atoms with Crippen molar-refractivity contribution < 1.29 is 0 Å². The van der Waals surface area contributed by atoms with Gasteiger partial charge in [-0.1, -0.05) is 107 Å². The van der Waals surface area contributed by atoms with Crippen LogP contribution in [0.4, 0.5) is 0 Å². The van der Waals surface area contributed by atoms with Crippen molar-refractivity contribution in [2.75, 3.05) is 0 Å². The molecule has 0 amide bonds. The first-order valence-electron chi connectivity index (χ1n) is 13.5. The van der Waals surface area contributed by atoms with E-state index in [-0.39, 0.29) is 0 Å². The minimum absolute atomic E-state index is 0.461. The molecule has 7 rings (SSSR count). The Hall–Kier alpha value is -4.08. The molecule has 0 spiro atoms. The fourth-order valence-electron chi connectivity index (χ4n) is 6.56. The fourth-order valence-corrected chi connectivity index (χ4v) is 6.56. The third kappa shape index (κ3) is 3.78. The molecule has 0 aromatic heterocycles. The van der Waals surface area contributed by atoms with Crippen molar-refractivity contribution in [2.24, 2.45) is 5.92 Å². The highest BCUT2D eigenvalue weighted by Crippen LogP contribution is 2.54. The number of allylic oxidation sites excluding steroid dienone is 6. The normalized spacial score (nSPS) is 19.2. The van der Waals surface area contributed by atoms with E-state index in [0.29, 0.717) is 11.8 Å². The fraction of sp³-hybridized carbons (Fsp3) is 0.189. The second kappa shape index (κ2) is 8.79. The lowest BCUT2D eigenvalue weighted by Crippen LogP contribution is -2.25. The van der Waals surface area contributed by atoms with E-state index in [1.807, 2.05) is 0 Å². The molecular weight excluding hydrogens is 444 g/mol. The second-order valence-electron chi connectivity index (χ2n) is 10.8. The highest BCUT2D eigenvalue weighted by molar-refractivity contribution is 6.04. The van der Waals surface area contributed by atoms with Gasteiger partial charge in [0.1, 0.15) is 0 Å². The Morgan fingerprint density at radius 1 is 0.757 bits per heavy atom. The zero-order valence-corrected chi connectivity index (χ0v) is 21.5. The minimum atomic E-state index is 0.461. The predicted molar refractivity (Wildman–Crippen MR) is 156 cm³/mol. The third-order valence-electron chi connectivity index (χ3n) is 8.44. The van der Waals surface area contributed by atoms with Crippen molar-refractivity contribution in [3.05, 3.63) is 147 Å². The number of fused-ring (bicyclic) bond motifs is 2. The van der Waals surface area contributed by atoms with Crippen molar-refractivity contribution in [3.8, 4) is 11.8 Å². The van der Waals surface area contributed by atoms with Crippen molar-refractivity contribution in [1.29, 1.82) is 0 Å². The van der Waals surface area contributed by atoms with Gasteiger partial charge < -0.3 is 0 Å². The molecule has 0 bridgehead atoms. The molecule has 0 aliphatic heterocycles. The Bertz CT molecular complexity index is 1690. The second-order valence-corrected chi connectivity index (χ2v) is 10.8. The zero-order chi connectivity index (χ0) is 24.9. The molecule has 0 radical (unpaired) electrons. The molecule has 0 saturated heterocycles. The first-order chi connectivity index (χ1) is 18.2. The minimum Gasteiger partial charge on any atom is -0.0834 e. The molecule has 178 valence electrons. The van der Waals surface area contributed by atoms with Gasteiger partial charge in [0.2, 0.25) is 0 Å². The molecule has 2 unspecified atom stereocenters. The highest BCUT2D eigenvalue weighted by Gasteiger charge is 2.37. The zero-order valence-electron chi connectivity index (χ0n) is 21.5. The summed E-state index contributed by atoms with van der Waals surface area (Å²) in [5.74, 6) is 7.86. The van der Waals surface area contributed by atoms with Crippen LogP contribution >= 0.6 is 0 Å². The number of aryl methyl sites for hydroxylation is 2. The standard InChI is InChI=1S/C37H30/c1-24-9-13-26(14-10-24)17-18-28-19-21-34-35-22-20-29(23-27-15-11-25(2)12-16-27)31-6-4-8-33(37(31)35)32-7-3-5-30(28)36(32)34/h3-5,7-16,19-21,31,35H,6,22-23H2,1-2H3. The average molecular weight is 475 g/mol. The van der Waals surface area contributed by atoms with Crippen molar-refractivity contribution in [2.45, 2.75) is 39.0 Å². The van der Waals surface area contributed by atoms with Crippen LogP contribution in [0.1, 0.15) is 57.7 Å². The van der Waals surface area contributed by atoms with Crippen LogP contribution in [0.5, 0.6) is 0 Å². The van der Waals surface area contributed by atoms with Crippen molar-refractivity contribution >= 4 is 16.3 Å². The first-order valence-corrected chi connectivity index (χ1v) is 13.5. The van der Waals surface area contributed by atoms with E-state index in [1.54, 1.807) is 11.1 Å². The third-order valence-corrected chi connectivity index (χ3v) is 8.44. The highest BCUT2D eigenvalue weighted by atomic mass is 14.4. The molecule has 0 nitrogen and oxygen atoms in total. The van der Waals surface area contributed by atoms with Crippen molar-refractivity contribution in [3.63, 3.8) is 0 Å². The quantitative estimate of drug-likeness (QED) is 0.201. The van der Waals surface area contributed by atoms with Gasteiger partial charge in [0.25, 0.3) is 0 Å². The lowest BCUT2D eigenvalue weighted by atomic mass is 9.63. The summed E-state index contributed by atoms with van der Waals surface area (Å²) >= 11 is 0. The summed E-state index contributed by atoms with van der Waals surface area (Å²) < 4.78 is 0. The van der Waals surface area contributed by atoms with E-state index < -0.39 is 0 Å². The Kier molecular flexibility index (Phi) is 5.26. The molecule has 0 heteroatoms. The Morgan fingerprint density at radius 2 is 1.54 bits per heavy atom. The van der Waals surface area contributed by atoms with Crippen LogP contribution in [0, 0.1) is 31.6 Å².